The van der Waals surface area contributed by atoms with Gasteiger partial charge in [-0.3, -0.25) is 4.79 Å². The van der Waals surface area contributed by atoms with Gasteiger partial charge in [0, 0.05) is 30.9 Å². The predicted octanol–water partition coefficient (Wildman–Crippen LogP) is 1.79. The maximum atomic E-state index is 11.6. The molecule has 0 unspecified atom stereocenters. The average molecular weight is 261 g/mol. The van der Waals surface area contributed by atoms with Gasteiger partial charge in [0.25, 0.3) is 0 Å². The van der Waals surface area contributed by atoms with Crippen LogP contribution in [0.25, 0.3) is 0 Å². The molecule has 1 aromatic rings. The second-order valence-corrected chi connectivity index (χ2v) is 3.89. The highest BCUT2D eigenvalue weighted by Crippen LogP contribution is 2.09. The third-order valence-electron chi connectivity index (χ3n) is 2.38. The minimum absolute atomic E-state index is 0.0195. The molecule has 4 heteroatoms. The van der Waals surface area contributed by atoms with Crippen molar-refractivity contribution in [2.75, 3.05) is 25.1 Å². The molecule has 4 nitrogen and oxygen atoms in total. The number of amides is 1. The van der Waals surface area contributed by atoms with E-state index in [0.29, 0.717) is 19.6 Å². The standard InChI is InChI=1S/C15H19NO3/c1-2-19-12-4-6-15(18)16-14-9-7-13(8-10-14)5-3-11-17/h7-10,17H,2,4,6,11-12H2,1H3,(H,16,18). The van der Waals surface area contributed by atoms with E-state index in [1.807, 2.05) is 6.92 Å². The second-order valence-electron chi connectivity index (χ2n) is 3.89. The maximum Gasteiger partial charge on any atom is 0.224 e. The van der Waals surface area contributed by atoms with Crippen molar-refractivity contribution in [2.24, 2.45) is 0 Å². The predicted molar refractivity (Wildman–Crippen MR) is 74.8 cm³/mol. The molecule has 102 valence electrons. The van der Waals surface area contributed by atoms with Crippen molar-refractivity contribution in [1.29, 1.82) is 0 Å². The Labute approximate surface area is 113 Å². The first-order valence-corrected chi connectivity index (χ1v) is 6.33. The van der Waals surface area contributed by atoms with Crippen LogP contribution >= 0.6 is 0 Å². The van der Waals surface area contributed by atoms with Crippen LogP contribution in [0.3, 0.4) is 0 Å². The first-order valence-electron chi connectivity index (χ1n) is 6.33. The van der Waals surface area contributed by atoms with Gasteiger partial charge in [0.05, 0.1) is 0 Å². The van der Waals surface area contributed by atoms with E-state index in [2.05, 4.69) is 17.2 Å². The largest absolute Gasteiger partial charge is 0.384 e. The van der Waals surface area contributed by atoms with Crippen LogP contribution in [0.4, 0.5) is 5.69 Å². The van der Waals surface area contributed by atoms with Crippen LogP contribution in [0, 0.1) is 11.8 Å². The van der Waals surface area contributed by atoms with Crippen molar-refractivity contribution in [3.8, 4) is 11.8 Å². The van der Waals surface area contributed by atoms with Gasteiger partial charge < -0.3 is 15.2 Å². The normalized spacial score (nSPS) is 9.58. The maximum absolute atomic E-state index is 11.6. The summed E-state index contributed by atoms with van der Waals surface area (Å²) < 4.78 is 5.17. The van der Waals surface area contributed by atoms with Crippen molar-refractivity contribution in [3.63, 3.8) is 0 Å². The zero-order valence-electron chi connectivity index (χ0n) is 11.1. The molecule has 0 saturated carbocycles. The Morgan fingerprint density at radius 1 is 1.37 bits per heavy atom. The van der Waals surface area contributed by atoms with E-state index in [9.17, 15) is 4.79 Å². The van der Waals surface area contributed by atoms with Crippen LogP contribution in [0.5, 0.6) is 0 Å². The molecule has 1 rings (SSSR count). The Hall–Kier alpha value is -1.83. The summed E-state index contributed by atoms with van der Waals surface area (Å²) in [6.07, 6.45) is 1.17. The van der Waals surface area contributed by atoms with E-state index in [0.717, 1.165) is 17.7 Å². The number of aliphatic hydroxyl groups is 1. The van der Waals surface area contributed by atoms with E-state index in [1.165, 1.54) is 0 Å². The summed E-state index contributed by atoms with van der Waals surface area (Å²) in [5, 5.41) is 11.4. The Bertz CT molecular complexity index is 443. The number of carbonyl (C=O) groups is 1. The summed E-state index contributed by atoms with van der Waals surface area (Å²) in [6, 6.07) is 7.20. The molecule has 0 spiro atoms. The van der Waals surface area contributed by atoms with E-state index >= 15 is 0 Å². The van der Waals surface area contributed by atoms with Gasteiger partial charge in [-0.15, -0.1) is 0 Å². The number of anilines is 1. The molecule has 0 aliphatic rings. The lowest BCUT2D eigenvalue weighted by atomic mass is 10.2. The minimum atomic E-state index is -0.154. The Balaban J connectivity index is 2.38. The van der Waals surface area contributed by atoms with Crippen molar-refractivity contribution in [1.82, 2.24) is 0 Å². The molecule has 0 fully saturated rings. The number of ether oxygens (including phenoxy) is 1. The smallest absolute Gasteiger partial charge is 0.224 e. The van der Waals surface area contributed by atoms with Gasteiger partial charge in [-0.2, -0.15) is 0 Å². The highest BCUT2D eigenvalue weighted by molar-refractivity contribution is 5.90. The van der Waals surface area contributed by atoms with Crippen molar-refractivity contribution >= 4 is 11.6 Å². The molecule has 0 atom stereocenters. The van der Waals surface area contributed by atoms with Crippen LogP contribution in [0.1, 0.15) is 25.3 Å². The van der Waals surface area contributed by atoms with Crippen LogP contribution in [0.2, 0.25) is 0 Å². The monoisotopic (exact) mass is 261 g/mol. The zero-order chi connectivity index (χ0) is 13.9. The fourth-order valence-corrected chi connectivity index (χ4v) is 1.48. The van der Waals surface area contributed by atoms with E-state index in [-0.39, 0.29) is 12.5 Å². The lowest BCUT2D eigenvalue weighted by molar-refractivity contribution is -0.116. The first kappa shape index (κ1) is 15.2. The number of carbonyl (C=O) groups excluding carboxylic acids is 1. The highest BCUT2D eigenvalue weighted by Gasteiger charge is 2.01. The number of hydrogen-bond acceptors (Lipinski definition) is 3. The Kier molecular flexibility index (Phi) is 7.33. The van der Waals surface area contributed by atoms with Gasteiger partial charge in [0.15, 0.2) is 0 Å². The van der Waals surface area contributed by atoms with Gasteiger partial charge in [-0.25, -0.2) is 0 Å². The van der Waals surface area contributed by atoms with Gasteiger partial charge in [-0.05, 0) is 37.6 Å². The fourth-order valence-electron chi connectivity index (χ4n) is 1.48. The van der Waals surface area contributed by atoms with Crippen molar-refractivity contribution < 1.29 is 14.6 Å². The summed E-state index contributed by atoms with van der Waals surface area (Å²) in [4.78, 5) is 11.6. The molecule has 0 radical (unpaired) electrons. The quantitative estimate of drug-likeness (QED) is 0.606. The zero-order valence-corrected chi connectivity index (χ0v) is 11.1. The molecule has 19 heavy (non-hydrogen) atoms. The first-order chi connectivity index (χ1) is 9.26. The molecule has 1 aromatic carbocycles. The lowest BCUT2D eigenvalue weighted by Gasteiger charge is -2.05. The van der Waals surface area contributed by atoms with Crippen molar-refractivity contribution in [3.05, 3.63) is 29.8 Å². The van der Waals surface area contributed by atoms with Gasteiger partial charge in [0.1, 0.15) is 6.61 Å². The Morgan fingerprint density at radius 2 is 2.11 bits per heavy atom. The van der Waals surface area contributed by atoms with Crippen molar-refractivity contribution in [2.45, 2.75) is 19.8 Å². The van der Waals surface area contributed by atoms with Crippen LogP contribution < -0.4 is 5.32 Å². The van der Waals surface area contributed by atoms with Crippen LogP contribution in [-0.4, -0.2) is 30.8 Å². The number of nitrogens with one attached hydrogen (secondary N) is 1. The third-order valence-corrected chi connectivity index (χ3v) is 2.38. The molecule has 1 amide bonds. The summed E-state index contributed by atoms with van der Waals surface area (Å²) in [5.41, 5.74) is 1.55. The molecule has 0 saturated heterocycles. The second kappa shape index (κ2) is 9.15. The highest BCUT2D eigenvalue weighted by atomic mass is 16.5. The number of aliphatic hydroxyl groups excluding tert-OH is 1. The molecule has 0 aromatic heterocycles. The van der Waals surface area contributed by atoms with E-state index in [4.69, 9.17) is 9.84 Å². The molecular formula is C15H19NO3. The SMILES string of the molecule is CCOCCCC(=O)Nc1ccc(C#CCO)cc1. The van der Waals surface area contributed by atoms with Gasteiger partial charge >= 0.3 is 0 Å². The summed E-state index contributed by atoms with van der Waals surface area (Å²) in [7, 11) is 0. The summed E-state index contributed by atoms with van der Waals surface area (Å²) >= 11 is 0. The Morgan fingerprint density at radius 3 is 2.74 bits per heavy atom. The fraction of sp³-hybridized carbons (Fsp3) is 0.400. The average Bonchev–Trinajstić information content (AvgIpc) is 2.43. The molecule has 2 N–H and O–H groups in total. The molecule has 0 aliphatic carbocycles. The number of benzene rings is 1. The number of hydrogen-bond donors (Lipinski definition) is 2. The van der Waals surface area contributed by atoms with Gasteiger partial charge in [-0.1, -0.05) is 11.8 Å². The molecule has 0 aliphatic heterocycles. The summed E-state index contributed by atoms with van der Waals surface area (Å²) in [6.45, 7) is 3.07. The number of rotatable bonds is 6. The van der Waals surface area contributed by atoms with E-state index in [1.54, 1.807) is 24.3 Å². The molecule has 0 heterocycles. The summed E-state index contributed by atoms with van der Waals surface area (Å²) in [5.74, 6) is 5.34. The lowest BCUT2D eigenvalue weighted by Crippen LogP contribution is -2.12. The van der Waals surface area contributed by atoms with E-state index < -0.39 is 0 Å². The third kappa shape index (κ3) is 6.61. The minimum Gasteiger partial charge on any atom is -0.384 e. The molecule has 0 bridgehead atoms. The topological polar surface area (TPSA) is 58.6 Å². The molecular weight excluding hydrogens is 242 g/mol. The van der Waals surface area contributed by atoms with Crippen LogP contribution in [0.15, 0.2) is 24.3 Å². The van der Waals surface area contributed by atoms with Gasteiger partial charge in [0.2, 0.25) is 5.91 Å². The van der Waals surface area contributed by atoms with Crippen LogP contribution in [-0.2, 0) is 9.53 Å².